The first kappa shape index (κ1) is 15.3. The summed E-state index contributed by atoms with van der Waals surface area (Å²) < 4.78 is 0. The van der Waals surface area contributed by atoms with Gasteiger partial charge in [0.25, 0.3) is 0 Å². The first-order valence-electron chi connectivity index (χ1n) is 8.61. The molecule has 2 aromatic heterocycles. The Bertz CT molecular complexity index is 881. The van der Waals surface area contributed by atoms with Crippen LogP contribution in [-0.2, 0) is 0 Å². The number of imidazole rings is 1. The van der Waals surface area contributed by atoms with E-state index >= 15 is 0 Å². The van der Waals surface area contributed by atoms with E-state index in [1.807, 2.05) is 0 Å². The van der Waals surface area contributed by atoms with Crippen molar-refractivity contribution in [2.24, 2.45) is 0 Å². The number of hydrogen-bond donors (Lipinski definition) is 2. The second-order valence-corrected chi connectivity index (χ2v) is 7.04. The van der Waals surface area contributed by atoms with Crippen molar-refractivity contribution in [1.82, 2.24) is 19.9 Å². The molecule has 1 aliphatic rings. The second-order valence-electron chi connectivity index (χ2n) is 7.04. The summed E-state index contributed by atoms with van der Waals surface area (Å²) in [7, 11) is 2.19. The Hall–Kier alpha value is -2.27. The first-order valence-corrected chi connectivity index (χ1v) is 8.61. The summed E-state index contributed by atoms with van der Waals surface area (Å²) in [6.45, 7) is 10.7. The third kappa shape index (κ3) is 2.59. The zero-order chi connectivity index (χ0) is 16.8. The molecule has 0 amide bonds. The minimum atomic E-state index is 0.925. The fourth-order valence-corrected chi connectivity index (χ4v) is 3.61. The molecule has 0 aliphatic carbocycles. The van der Waals surface area contributed by atoms with E-state index in [1.165, 1.54) is 16.8 Å². The molecule has 3 heterocycles. The number of anilines is 1. The molecular weight excluding hydrogens is 298 g/mol. The van der Waals surface area contributed by atoms with Crippen LogP contribution in [0.25, 0.3) is 22.6 Å². The van der Waals surface area contributed by atoms with Gasteiger partial charge in [-0.2, -0.15) is 0 Å². The third-order valence-corrected chi connectivity index (χ3v) is 5.02. The average Bonchev–Trinajstić information content (AvgIpc) is 3.11. The molecule has 5 nitrogen and oxygen atoms in total. The number of benzene rings is 1. The number of nitrogens with zero attached hydrogens (tertiary/aromatic N) is 3. The molecule has 0 radical (unpaired) electrons. The lowest BCUT2D eigenvalue weighted by molar-refractivity contribution is 0.313. The SMILES string of the molecule is Cc1cc(C)c(-c2nc3c(C)cc(N4CCN(C)CC4)cc3[nH]2)[nH]1. The summed E-state index contributed by atoms with van der Waals surface area (Å²) in [5.41, 5.74) is 8.18. The first-order chi connectivity index (χ1) is 11.5. The molecule has 0 bridgehead atoms. The van der Waals surface area contributed by atoms with Gasteiger partial charge in [-0.3, -0.25) is 0 Å². The molecule has 1 aliphatic heterocycles. The van der Waals surface area contributed by atoms with Gasteiger partial charge in [-0.25, -0.2) is 4.98 Å². The fourth-order valence-electron chi connectivity index (χ4n) is 3.61. The molecule has 126 valence electrons. The van der Waals surface area contributed by atoms with Crippen LogP contribution in [0.2, 0.25) is 0 Å². The zero-order valence-corrected chi connectivity index (χ0v) is 14.9. The monoisotopic (exact) mass is 323 g/mol. The summed E-state index contributed by atoms with van der Waals surface area (Å²) in [6, 6.07) is 6.67. The summed E-state index contributed by atoms with van der Waals surface area (Å²) in [5, 5.41) is 0. The molecule has 1 fully saturated rings. The molecule has 5 heteroatoms. The van der Waals surface area contributed by atoms with Gasteiger partial charge in [0.05, 0.1) is 16.7 Å². The van der Waals surface area contributed by atoms with E-state index in [-0.39, 0.29) is 0 Å². The molecule has 1 saturated heterocycles. The van der Waals surface area contributed by atoms with Crippen LogP contribution in [0.4, 0.5) is 5.69 Å². The van der Waals surface area contributed by atoms with Gasteiger partial charge in [0, 0.05) is 37.6 Å². The lowest BCUT2D eigenvalue weighted by Crippen LogP contribution is -2.44. The summed E-state index contributed by atoms with van der Waals surface area (Å²) >= 11 is 0. The van der Waals surface area contributed by atoms with Crippen molar-refractivity contribution in [3.05, 3.63) is 35.0 Å². The Kier molecular flexibility index (Phi) is 3.61. The van der Waals surface area contributed by atoms with Crippen molar-refractivity contribution in [1.29, 1.82) is 0 Å². The van der Waals surface area contributed by atoms with E-state index in [1.54, 1.807) is 0 Å². The number of nitrogens with one attached hydrogen (secondary N) is 2. The predicted octanol–water partition coefficient (Wildman–Crippen LogP) is 3.24. The summed E-state index contributed by atoms with van der Waals surface area (Å²) in [5.74, 6) is 0.925. The molecule has 0 unspecified atom stereocenters. The van der Waals surface area contributed by atoms with Crippen molar-refractivity contribution in [2.45, 2.75) is 20.8 Å². The smallest absolute Gasteiger partial charge is 0.155 e. The van der Waals surface area contributed by atoms with E-state index in [4.69, 9.17) is 4.98 Å². The van der Waals surface area contributed by atoms with Gasteiger partial charge >= 0.3 is 0 Å². The van der Waals surface area contributed by atoms with Crippen LogP contribution in [0.15, 0.2) is 18.2 Å². The minimum Gasteiger partial charge on any atom is -0.369 e. The Morgan fingerprint density at radius 3 is 2.33 bits per heavy atom. The molecule has 0 atom stereocenters. The van der Waals surface area contributed by atoms with Gasteiger partial charge in [-0.05, 0) is 57.1 Å². The molecule has 3 aromatic rings. The summed E-state index contributed by atoms with van der Waals surface area (Å²) in [6.07, 6.45) is 0. The Balaban J connectivity index is 1.74. The van der Waals surface area contributed by atoms with E-state index < -0.39 is 0 Å². The van der Waals surface area contributed by atoms with Gasteiger partial charge in [0.2, 0.25) is 0 Å². The highest BCUT2D eigenvalue weighted by Gasteiger charge is 2.17. The van der Waals surface area contributed by atoms with Crippen LogP contribution in [0, 0.1) is 20.8 Å². The van der Waals surface area contributed by atoms with Crippen LogP contribution >= 0.6 is 0 Å². The van der Waals surface area contributed by atoms with Crippen LogP contribution in [0.5, 0.6) is 0 Å². The standard InChI is InChI=1S/C19H25N5/c1-12-9-14(3)20-18(12)19-21-16-11-15(10-13(2)17(16)22-19)24-7-5-23(4)6-8-24/h9-11,20H,5-8H2,1-4H3,(H,21,22). The minimum absolute atomic E-state index is 0.925. The number of hydrogen-bond acceptors (Lipinski definition) is 3. The number of aromatic amines is 2. The highest BCUT2D eigenvalue weighted by Crippen LogP contribution is 2.29. The normalized spacial score (nSPS) is 16.2. The number of piperazine rings is 1. The number of fused-ring (bicyclic) bond motifs is 1. The van der Waals surface area contributed by atoms with Crippen LogP contribution in [-0.4, -0.2) is 53.1 Å². The van der Waals surface area contributed by atoms with Crippen molar-refractivity contribution < 1.29 is 0 Å². The van der Waals surface area contributed by atoms with E-state index in [2.05, 4.69) is 65.8 Å². The van der Waals surface area contributed by atoms with Gasteiger partial charge in [0.1, 0.15) is 0 Å². The number of rotatable bonds is 2. The highest BCUT2D eigenvalue weighted by atomic mass is 15.2. The average molecular weight is 323 g/mol. The number of aromatic nitrogens is 3. The highest BCUT2D eigenvalue weighted by molar-refractivity contribution is 5.86. The lowest BCUT2D eigenvalue weighted by atomic mass is 10.1. The predicted molar refractivity (Wildman–Crippen MR) is 99.8 cm³/mol. The van der Waals surface area contributed by atoms with Crippen molar-refractivity contribution in [3.63, 3.8) is 0 Å². The maximum Gasteiger partial charge on any atom is 0.155 e. The van der Waals surface area contributed by atoms with Crippen LogP contribution < -0.4 is 4.90 Å². The lowest BCUT2D eigenvalue weighted by Gasteiger charge is -2.34. The van der Waals surface area contributed by atoms with Crippen LogP contribution in [0.3, 0.4) is 0 Å². The van der Waals surface area contributed by atoms with E-state index in [0.29, 0.717) is 0 Å². The van der Waals surface area contributed by atoms with Gasteiger partial charge in [-0.15, -0.1) is 0 Å². The van der Waals surface area contributed by atoms with E-state index in [0.717, 1.165) is 54.4 Å². The fraction of sp³-hybridized carbons (Fsp3) is 0.421. The molecule has 0 spiro atoms. The number of likely N-dealkylation sites (N-methyl/N-ethyl adjacent to an activating group) is 1. The number of H-pyrrole nitrogens is 2. The molecule has 1 aromatic carbocycles. The Morgan fingerprint density at radius 1 is 0.917 bits per heavy atom. The van der Waals surface area contributed by atoms with Crippen LogP contribution in [0.1, 0.15) is 16.8 Å². The number of aryl methyl sites for hydroxylation is 3. The zero-order valence-electron chi connectivity index (χ0n) is 14.9. The maximum absolute atomic E-state index is 4.84. The van der Waals surface area contributed by atoms with Gasteiger partial charge in [-0.1, -0.05) is 0 Å². The Labute approximate surface area is 142 Å². The quantitative estimate of drug-likeness (QED) is 0.761. The second kappa shape index (κ2) is 5.67. The molecule has 24 heavy (non-hydrogen) atoms. The maximum atomic E-state index is 4.84. The van der Waals surface area contributed by atoms with Crippen molar-refractivity contribution in [3.8, 4) is 11.5 Å². The Morgan fingerprint density at radius 2 is 1.67 bits per heavy atom. The molecule has 4 rings (SSSR count). The van der Waals surface area contributed by atoms with Crippen molar-refractivity contribution in [2.75, 3.05) is 38.1 Å². The van der Waals surface area contributed by atoms with Crippen molar-refractivity contribution >= 4 is 16.7 Å². The third-order valence-electron chi connectivity index (χ3n) is 5.02. The largest absolute Gasteiger partial charge is 0.369 e. The molecular formula is C19H25N5. The van der Waals surface area contributed by atoms with Gasteiger partial charge in [0.15, 0.2) is 5.82 Å². The van der Waals surface area contributed by atoms with E-state index in [9.17, 15) is 0 Å². The summed E-state index contributed by atoms with van der Waals surface area (Å²) in [4.78, 5) is 16.6. The molecule has 0 saturated carbocycles. The topological polar surface area (TPSA) is 51.0 Å². The van der Waals surface area contributed by atoms with Gasteiger partial charge < -0.3 is 19.8 Å². The molecule has 2 N–H and O–H groups in total.